The topological polar surface area (TPSA) is 61.8 Å². The van der Waals surface area contributed by atoms with Crippen LogP contribution in [0.15, 0.2) is 30.3 Å². The van der Waals surface area contributed by atoms with Crippen molar-refractivity contribution in [3.8, 4) is 0 Å². The molecule has 1 unspecified atom stereocenters. The first-order valence-corrected chi connectivity index (χ1v) is 8.26. The molecule has 26 heavy (non-hydrogen) atoms. The van der Waals surface area contributed by atoms with E-state index in [0.29, 0.717) is 19.3 Å². The van der Waals surface area contributed by atoms with Crippen LogP contribution >= 0.6 is 0 Å². The van der Waals surface area contributed by atoms with Crippen LogP contribution in [0, 0.1) is 0 Å². The van der Waals surface area contributed by atoms with Crippen molar-refractivity contribution in [3.05, 3.63) is 35.9 Å². The van der Waals surface area contributed by atoms with Gasteiger partial charge in [-0.3, -0.25) is 4.79 Å². The zero-order chi connectivity index (χ0) is 19.4. The molecule has 1 aliphatic rings. The highest BCUT2D eigenvalue weighted by atomic mass is 19.4. The normalized spacial score (nSPS) is 23.0. The molecule has 1 fully saturated rings. The standard InChI is InChI=1S/C18H21F3O5/c1-12(22)25-14-9-6-10-15(11-14)26-16(23)17(24-2,18(19,20)21)13-7-4-3-5-8-13/h3-5,7-8,14-15H,6,9-11H2,1-2H3/t14-,15+,17?/m1/s1. The molecule has 2 rings (SSSR count). The number of carbonyl (C=O) groups is 2. The highest BCUT2D eigenvalue weighted by Crippen LogP contribution is 2.43. The third-order valence-electron chi connectivity index (χ3n) is 4.36. The summed E-state index contributed by atoms with van der Waals surface area (Å²) in [4.78, 5) is 23.6. The van der Waals surface area contributed by atoms with E-state index in [1.165, 1.54) is 37.3 Å². The molecule has 1 saturated carbocycles. The summed E-state index contributed by atoms with van der Waals surface area (Å²) in [5.41, 5.74) is -3.56. The molecular formula is C18H21F3O5. The lowest BCUT2D eigenvalue weighted by atomic mass is 9.91. The molecule has 0 aliphatic heterocycles. The summed E-state index contributed by atoms with van der Waals surface area (Å²) < 4.78 is 56.4. The van der Waals surface area contributed by atoms with Crippen LogP contribution in [0.1, 0.15) is 38.2 Å². The number of methoxy groups -OCH3 is 1. The Morgan fingerprint density at radius 3 is 2.12 bits per heavy atom. The number of ether oxygens (including phenoxy) is 3. The number of benzene rings is 1. The Labute approximate surface area is 149 Å². The van der Waals surface area contributed by atoms with E-state index in [2.05, 4.69) is 0 Å². The molecule has 144 valence electrons. The van der Waals surface area contributed by atoms with Crippen molar-refractivity contribution in [2.45, 2.75) is 56.6 Å². The molecule has 0 saturated heterocycles. The maximum absolute atomic E-state index is 13.8. The fraction of sp³-hybridized carbons (Fsp3) is 0.556. The predicted molar refractivity (Wildman–Crippen MR) is 85.1 cm³/mol. The molecule has 1 aliphatic carbocycles. The van der Waals surface area contributed by atoms with E-state index in [0.717, 1.165) is 7.11 Å². The fourth-order valence-electron chi connectivity index (χ4n) is 3.17. The first-order chi connectivity index (χ1) is 12.2. The number of alkyl halides is 3. The third kappa shape index (κ3) is 4.17. The summed E-state index contributed by atoms with van der Waals surface area (Å²) >= 11 is 0. The molecule has 0 radical (unpaired) electrons. The average molecular weight is 374 g/mol. The van der Waals surface area contributed by atoms with Crippen molar-refractivity contribution in [1.82, 2.24) is 0 Å². The van der Waals surface area contributed by atoms with Crippen LogP contribution < -0.4 is 0 Å². The van der Waals surface area contributed by atoms with E-state index >= 15 is 0 Å². The Kier molecular flexibility index (Phi) is 6.28. The molecule has 0 aromatic heterocycles. The smallest absolute Gasteiger partial charge is 0.432 e. The molecule has 3 atom stereocenters. The minimum Gasteiger partial charge on any atom is -0.462 e. The van der Waals surface area contributed by atoms with Gasteiger partial charge in [0.25, 0.3) is 5.60 Å². The van der Waals surface area contributed by atoms with Crippen molar-refractivity contribution in [1.29, 1.82) is 0 Å². The Balaban J connectivity index is 2.24. The van der Waals surface area contributed by atoms with Crippen LogP contribution in [0.3, 0.4) is 0 Å². The van der Waals surface area contributed by atoms with Crippen molar-refractivity contribution in [2.24, 2.45) is 0 Å². The minimum absolute atomic E-state index is 0.164. The number of esters is 2. The molecule has 1 aromatic carbocycles. The number of carbonyl (C=O) groups excluding carboxylic acids is 2. The van der Waals surface area contributed by atoms with Crippen molar-refractivity contribution in [3.63, 3.8) is 0 Å². The molecule has 0 N–H and O–H groups in total. The van der Waals surface area contributed by atoms with E-state index < -0.39 is 35.9 Å². The van der Waals surface area contributed by atoms with E-state index in [-0.39, 0.29) is 12.0 Å². The third-order valence-corrected chi connectivity index (χ3v) is 4.36. The summed E-state index contributed by atoms with van der Waals surface area (Å²) in [5.74, 6) is -2.00. The zero-order valence-electron chi connectivity index (χ0n) is 14.5. The molecule has 8 heteroatoms. The lowest BCUT2D eigenvalue weighted by Crippen LogP contribution is -2.52. The van der Waals surface area contributed by atoms with Gasteiger partial charge < -0.3 is 14.2 Å². The average Bonchev–Trinajstić information content (AvgIpc) is 2.55. The lowest BCUT2D eigenvalue weighted by molar-refractivity contribution is -0.278. The van der Waals surface area contributed by atoms with Gasteiger partial charge in [0.1, 0.15) is 12.2 Å². The molecule has 0 heterocycles. The first kappa shape index (κ1) is 20.2. The van der Waals surface area contributed by atoms with Gasteiger partial charge in [-0.2, -0.15) is 13.2 Å². The SMILES string of the molecule is COC(C(=O)O[C@H]1CCC[C@@H](OC(C)=O)C1)(c1ccccc1)C(F)(F)F. The lowest BCUT2D eigenvalue weighted by Gasteiger charge is -2.35. The summed E-state index contributed by atoms with van der Waals surface area (Å²) in [7, 11) is 0.824. The van der Waals surface area contributed by atoms with Gasteiger partial charge in [0.2, 0.25) is 0 Å². The van der Waals surface area contributed by atoms with Gasteiger partial charge in [-0.05, 0) is 19.3 Å². The second kappa shape index (κ2) is 8.07. The molecule has 5 nitrogen and oxygen atoms in total. The Morgan fingerprint density at radius 1 is 1.04 bits per heavy atom. The number of halogens is 3. The van der Waals surface area contributed by atoms with Crippen molar-refractivity contribution in [2.75, 3.05) is 7.11 Å². The first-order valence-electron chi connectivity index (χ1n) is 8.26. The van der Waals surface area contributed by atoms with Crippen molar-refractivity contribution >= 4 is 11.9 Å². The predicted octanol–water partition coefficient (Wildman–Crippen LogP) is 3.51. The largest absolute Gasteiger partial charge is 0.462 e. The van der Waals surface area contributed by atoms with Gasteiger partial charge in [0.05, 0.1) is 0 Å². The Morgan fingerprint density at radius 2 is 1.62 bits per heavy atom. The highest BCUT2D eigenvalue weighted by Gasteiger charge is 2.64. The highest BCUT2D eigenvalue weighted by molar-refractivity contribution is 5.82. The molecule has 0 amide bonds. The second-order valence-corrected chi connectivity index (χ2v) is 6.17. The number of rotatable bonds is 5. The van der Waals surface area contributed by atoms with E-state index in [9.17, 15) is 22.8 Å². The van der Waals surface area contributed by atoms with Crippen LogP contribution in [0.5, 0.6) is 0 Å². The summed E-state index contributed by atoms with van der Waals surface area (Å²) in [6.07, 6.45) is -4.54. The van der Waals surface area contributed by atoms with E-state index in [1.54, 1.807) is 0 Å². The number of hydrogen-bond acceptors (Lipinski definition) is 5. The van der Waals surface area contributed by atoms with Gasteiger partial charge in [-0.25, -0.2) is 4.79 Å². The van der Waals surface area contributed by atoms with Crippen molar-refractivity contribution < 1.29 is 37.0 Å². The number of hydrogen-bond donors (Lipinski definition) is 0. The maximum atomic E-state index is 13.8. The van der Waals surface area contributed by atoms with Crippen LogP contribution in [-0.2, 0) is 29.4 Å². The van der Waals surface area contributed by atoms with Gasteiger partial charge in [0, 0.05) is 26.0 Å². The Bertz CT molecular complexity index is 631. The maximum Gasteiger partial charge on any atom is 0.432 e. The van der Waals surface area contributed by atoms with Gasteiger partial charge >= 0.3 is 18.1 Å². The summed E-state index contributed by atoms with van der Waals surface area (Å²) in [6, 6.07) is 6.65. The van der Waals surface area contributed by atoms with E-state index in [4.69, 9.17) is 14.2 Å². The molecule has 0 spiro atoms. The van der Waals surface area contributed by atoms with Crippen LogP contribution in [0.4, 0.5) is 13.2 Å². The zero-order valence-corrected chi connectivity index (χ0v) is 14.5. The second-order valence-electron chi connectivity index (χ2n) is 6.17. The fourth-order valence-corrected chi connectivity index (χ4v) is 3.17. The van der Waals surface area contributed by atoms with Gasteiger partial charge in [-0.15, -0.1) is 0 Å². The quantitative estimate of drug-likeness (QED) is 0.738. The van der Waals surface area contributed by atoms with Crippen LogP contribution in [-0.4, -0.2) is 37.4 Å². The molecular weight excluding hydrogens is 353 g/mol. The summed E-state index contributed by atoms with van der Waals surface area (Å²) in [6.45, 7) is 1.25. The van der Waals surface area contributed by atoms with E-state index in [1.807, 2.05) is 0 Å². The van der Waals surface area contributed by atoms with Crippen LogP contribution in [0.2, 0.25) is 0 Å². The monoisotopic (exact) mass is 374 g/mol. The Hall–Kier alpha value is -2.09. The minimum atomic E-state index is -5.01. The van der Waals surface area contributed by atoms with Gasteiger partial charge in [0.15, 0.2) is 0 Å². The van der Waals surface area contributed by atoms with Gasteiger partial charge in [-0.1, -0.05) is 30.3 Å². The molecule has 1 aromatic rings. The summed E-state index contributed by atoms with van der Waals surface area (Å²) in [5, 5.41) is 0. The van der Waals surface area contributed by atoms with Crippen LogP contribution in [0.25, 0.3) is 0 Å². The molecule has 0 bridgehead atoms.